The van der Waals surface area contributed by atoms with E-state index in [1.165, 1.54) is 0 Å². The number of carbonyl (C=O) groups is 2. The van der Waals surface area contributed by atoms with Gasteiger partial charge in [-0.15, -0.1) is 0 Å². The molecule has 0 bridgehead atoms. The summed E-state index contributed by atoms with van der Waals surface area (Å²) in [7, 11) is 0. The highest BCUT2D eigenvalue weighted by Gasteiger charge is 2.31. The fourth-order valence-electron chi connectivity index (χ4n) is 2.63. The molecule has 1 saturated heterocycles. The topological polar surface area (TPSA) is 69.6 Å². The van der Waals surface area contributed by atoms with Crippen LogP contribution in [0.25, 0.3) is 0 Å². The van der Waals surface area contributed by atoms with Crippen molar-refractivity contribution < 1.29 is 14.7 Å². The van der Waals surface area contributed by atoms with Crippen molar-refractivity contribution in [1.82, 2.24) is 10.2 Å². The average molecular weight is 345 g/mol. The van der Waals surface area contributed by atoms with E-state index < -0.39 is 12.0 Å². The highest BCUT2D eigenvalue weighted by molar-refractivity contribution is 6.42. The largest absolute Gasteiger partial charge is 0.480 e. The lowest BCUT2D eigenvalue weighted by molar-refractivity contribution is -0.142. The number of nitrogens with zero attached hydrogens (tertiary/aromatic N) is 1. The molecular weight excluding hydrogens is 327 g/mol. The molecule has 5 nitrogen and oxygen atoms in total. The first kappa shape index (κ1) is 17.1. The average Bonchev–Trinajstić information content (AvgIpc) is 2.89. The van der Waals surface area contributed by atoms with E-state index in [2.05, 4.69) is 5.32 Å². The number of likely N-dealkylation sites (tertiary alicyclic amines) is 1. The van der Waals surface area contributed by atoms with Gasteiger partial charge < -0.3 is 10.4 Å². The number of amides is 1. The Morgan fingerprint density at radius 3 is 2.77 bits per heavy atom. The molecule has 120 valence electrons. The van der Waals surface area contributed by atoms with E-state index in [9.17, 15) is 9.59 Å². The van der Waals surface area contributed by atoms with Crippen molar-refractivity contribution in [2.24, 2.45) is 0 Å². The first-order chi connectivity index (χ1) is 10.4. The molecule has 1 aromatic rings. The molecule has 1 aliphatic rings. The predicted molar refractivity (Wildman–Crippen MR) is 85.3 cm³/mol. The Labute approximate surface area is 139 Å². The molecule has 2 N–H and O–H groups in total. The van der Waals surface area contributed by atoms with Crippen LogP contribution in [0.15, 0.2) is 18.2 Å². The van der Waals surface area contributed by atoms with Crippen molar-refractivity contribution in [3.8, 4) is 0 Å². The molecular formula is C15H18Cl2N2O3. The number of benzene rings is 1. The summed E-state index contributed by atoms with van der Waals surface area (Å²) in [5, 5.41) is 12.9. The van der Waals surface area contributed by atoms with Crippen LogP contribution in [0.3, 0.4) is 0 Å². The van der Waals surface area contributed by atoms with Crippen LogP contribution in [0, 0.1) is 0 Å². The van der Waals surface area contributed by atoms with Crippen molar-refractivity contribution in [3.63, 3.8) is 0 Å². The van der Waals surface area contributed by atoms with Gasteiger partial charge in [0, 0.05) is 0 Å². The summed E-state index contributed by atoms with van der Waals surface area (Å²) in [5.74, 6) is -1.07. The summed E-state index contributed by atoms with van der Waals surface area (Å²) >= 11 is 11.8. The smallest absolute Gasteiger partial charge is 0.320 e. The molecule has 0 aliphatic carbocycles. The lowest BCUT2D eigenvalue weighted by Crippen LogP contribution is -2.43. The second-order valence-corrected chi connectivity index (χ2v) is 6.24. The molecule has 0 spiro atoms. The highest BCUT2D eigenvalue weighted by atomic mass is 35.5. The minimum Gasteiger partial charge on any atom is -0.480 e. The van der Waals surface area contributed by atoms with Gasteiger partial charge in [0.1, 0.15) is 6.04 Å². The van der Waals surface area contributed by atoms with Gasteiger partial charge in [-0.05, 0) is 44.0 Å². The van der Waals surface area contributed by atoms with Crippen molar-refractivity contribution >= 4 is 35.1 Å². The molecule has 0 saturated carbocycles. The fourth-order valence-corrected chi connectivity index (χ4v) is 2.94. The lowest BCUT2D eigenvalue weighted by Gasteiger charge is -2.22. The number of rotatable bonds is 5. The van der Waals surface area contributed by atoms with Gasteiger partial charge in [0.25, 0.3) is 0 Å². The number of carboxylic acid groups (broad SMARTS) is 1. The van der Waals surface area contributed by atoms with E-state index in [4.69, 9.17) is 28.3 Å². The van der Waals surface area contributed by atoms with Gasteiger partial charge >= 0.3 is 5.97 Å². The van der Waals surface area contributed by atoms with Crippen molar-refractivity contribution in [2.45, 2.75) is 31.8 Å². The summed E-state index contributed by atoms with van der Waals surface area (Å²) < 4.78 is 0. The van der Waals surface area contributed by atoms with Crippen LogP contribution < -0.4 is 5.32 Å². The number of hydrogen-bond donors (Lipinski definition) is 2. The van der Waals surface area contributed by atoms with E-state index in [1.807, 2.05) is 6.92 Å². The third-order valence-electron chi connectivity index (χ3n) is 3.82. The molecule has 1 amide bonds. The van der Waals surface area contributed by atoms with Crippen LogP contribution >= 0.6 is 23.2 Å². The number of carbonyl (C=O) groups excluding carboxylic acids is 1. The monoisotopic (exact) mass is 344 g/mol. The van der Waals surface area contributed by atoms with E-state index in [1.54, 1.807) is 23.1 Å². The Balaban J connectivity index is 1.93. The molecule has 2 rings (SSSR count). The van der Waals surface area contributed by atoms with Gasteiger partial charge in [-0.1, -0.05) is 29.3 Å². The summed E-state index contributed by atoms with van der Waals surface area (Å²) in [6, 6.07) is 4.40. The van der Waals surface area contributed by atoms with Crippen LogP contribution in [0.4, 0.5) is 0 Å². The van der Waals surface area contributed by atoms with Gasteiger partial charge in [0.2, 0.25) is 5.91 Å². The van der Waals surface area contributed by atoms with E-state index in [0.717, 1.165) is 12.0 Å². The SMILES string of the molecule is C[C@H](NC(=O)CN1CCC[C@@H]1C(=O)O)c1ccc(Cl)c(Cl)c1. The van der Waals surface area contributed by atoms with E-state index >= 15 is 0 Å². The molecule has 0 aromatic heterocycles. The minimum atomic E-state index is -0.872. The lowest BCUT2D eigenvalue weighted by atomic mass is 10.1. The van der Waals surface area contributed by atoms with Crippen LogP contribution in [0.5, 0.6) is 0 Å². The maximum absolute atomic E-state index is 12.1. The molecule has 1 aliphatic heterocycles. The van der Waals surface area contributed by atoms with Gasteiger partial charge in [-0.2, -0.15) is 0 Å². The number of hydrogen-bond acceptors (Lipinski definition) is 3. The Morgan fingerprint density at radius 1 is 1.41 bits per heavy atom. The van der Waals surface area contributed by atoms with Gasteiger partial charge in [0.05, 0.1) is 22.6 Å². The molecule has 0 unspecified atom stereocenters. The minimum absolute atomic E-state index is 0.0859. The van der Waals surface area contributed by atoms with Gasteiger partial charge in [0.15, 0.2) is 0 Å². The first-order valence-electron chi connectivity index (χ1n) is 7.09. The summed E-state index contributed by atoms with van der Waals surface area (Å²) in [5.41, 5.74) is 0.846. The second-order valence-electron chi connectivity index (χ2n) is 5.43. The molecule has 1 aromatic carbocycles. The Bertz CT molecular complexity index is 580. The molecule has 22 heavy (non-hydrogen) atoms. The van der Waals surface area contributed by atoms with Crippen molar-refractivity contribution in [2.75, 3.05) is 13.1 Å². The van der Waals surface area contributed by atoms with Crippen LogP contribution in [0.1, 0.15) is 31.4 Å². The zero-order valence-corrected chi connectivity index (χ0v) is 13.7. The molecule has 0 radical (unpaired) electrons. The zero-order valence-electron chi connectivity index (χ0n) is 12.2. The van der Waals surface area contributed by atoms with Crippen LogP contribution in [-0.4, -0.2) is 41.0 Å². The number of aliphatic carboxylic acids is 1. The Morgan fingerprint density at radius 2 is 2.14 bits per heavy atom. The fraction of sp³-hybridized carbons (Fsp3) is 0.467. The summed E-state index contributed by atoms with van der Waals surface area (Å²) in [6.45, 7) is 2.56. The standard InChI is InChI=1S/C15H18Cl2N2O3/c1-9(10-4-5-11(16)12(17)7-10)18-14(20)8-19-6-2-3-13(19)15(21)22/h4-5,7,9,13H,2-3,6,8H2,1H3,(H,18,20)(H,21,22)/t9-,13+/m0/s1. The summed E-state index contributed by atoms with van der Waals surface area (Å²) in [6.07, 6.45) is 1.39. The highest BCUT2D eigenvalue weighted by Crippen LogP contribution is 2.25. The van der Waals surface area contributed by atoms with Crippen molar-refractivity contribution in [1.29, 1.82) is 0 Å². The molecule has 1 fully saturated rings. The first-order valence-corrected chi connectivity index (χ1v) is 7.85. The molecule has 7 heteroatoms. The molecule has 1 heterocycles. The van der Waals surface area contributed by atoms with Gasteiger partial charge in [-0.25, -0.2) is 0 Å². The Kier molecular flexibility index (Phi) is 5.67. The normalized spacial score (nSPS) is 19.9. The second kappa shape index (κ2) is 7.31. The van der Waals surface area contributed by atoms with Gasteiger partial charge in [-0.3, -0.25) is 14.5 Å². The van der Waals surface area contributed by atoms with E-state index in [0.29, 0.717) is 23.0 Å². The number of carboxylic acids is 1. The predicted octanol–water partition coefficient (Wildman–Crippen LogP) is 2.72. The maximum Gasteiger partial charge on any atom is 0.320 e. The van der Waals surface area contributed by atoms with Crippen molar-refractivity contribution in [3.05, 3.63) is 33.8 Å². The number of halogens is 2. The molecule has 2 atom stereocenters. The maximum atomic E-state index is 12.1. The zero-order chi connectivity index (χ0) is 16.3. The van der Waals surface area contributed by atoms with Crippen LogP contribution in [0.2, 0.25) is 10.0 Å². The third kappa shape index (κ3) is 4.12. The summed E-state index contributed by atoms with van der Waals surface area (Å²) in [4.78, 5) is 24.9. The van der Waals surface area contributed by atoms with Crippen LogP contribution in [-0.2, 0) is 9.59 Å². The quantitative estimate of drug-likeness (QED) is 0.861. The third-order valence-corrected chi connectivity index (χ3v) is 4.56. The van der Waals surface area contributed by atoms with E-state index in [-0.39, 0.29) is 18.5 Å². The Hall–Kier alpha value is -1.30. The number of nitrogens with one attached hydrogen (secondary N) is 1.